The van der Waals surface area contributed by atoms with Gasteiger partial charge in [0.05, 0.1) is 0 Å². The third kappa shape index (κ3) is 2.67. The summed E-state index contributed by atoms with van der Waals surface area (Å²) in [6.45, 7) is 2.82. The van der Waals surface area contributed by atoms with Crippen molar-refractivity contribution in [3.8, 4) is 0 Å². The second-order valence-electron chi connectivity index (χ2n) is 3.27. The molecule has 1 heterocycles. The molecule has 2 nitrogen and oxygen atoms in total. The first-order chi connectivity index (χ1) is 6.36. The van der Waals surface area contributed by atoms with Crippen molar-refractivity contribution in [1.29, 1.82) is 0 Å². The molecule has 0 aromatic heterocycles. The first-order valence-corrected chi connectivity index (χ1v) is 4.56. The van der Waals surface area contributed by atoms with E-state index in [0.29, 0.717) is 0 Å². The largest absolute Gasteiger partial charge is 0.314 e. The van der Waals surface area contributed by atoms with Gasteiger partial charge in [-0.05, 0) is 17.7 Å². The van der Waals surface area contributed by atoms with Crippen LogP contribution in [0, 0.1) is 5.82 Å². The Morgan fingerprint density at radius 2 is 2.14 bits per heavy atom. The molecule has 0 aliphatic carbocycles. The Morgan fingerprint density at radius 1 is 1.29 bits per heavy atom. The molecule has 1 aromatic rings. The maximum atomic E-state index is 12.9. The van der Waals surface area contributed by atoms with Gasteiger partial charge < -0.3 is 10.6 Å². The van der Waals surface area contributed by atoms with Crippen LogP contribution in [0.3, 0.4) is 0 Å². The summed E-state index contributed by atoms with van der Waals surface area (Å²) in [5.74, 6) is -0.162. The van der Waals surface area contributed by atoms with E-state index in [0.717, 1.165) is 25.2 Å². The predicted molar refractivity (Wildman–Crippen MR) is 57.3 cm³/mol. The van der Waals surface area contributed by atoms with Crippen molar-refractivity contribution >= 4 is 12.4 Å². The lowest BCUT2D eigenvalue weighted by Crippen LogP contribution is -2.42. The van der Waals surface area contributed by atoms with Crippen LogP contribution < -0.4 is 10.6 Å². The van der Waals surface area contributed by atoms with E-state index in [1.165, 1.54) is 6.07 Å². The summed E-state index contributed by atoms with van der Waals surface area (Å²) in [6, 6.07) is 7.02. The topological polar surface area (TPSA) is 24.1 Å². The molecule has 0 saturated carbocycles. The van der Waals surface area contributed by atoms with Gasteiger partial charge in [-0.2, -0.15) is 0 Å². The summed E-state index contributed by atoms with van der Waals surface area (Å²) >= 11 is 0. The van der Waals surface area contributed by atoms with Crippen LogP contribution in [0.15, 0.2) is 24.3 Å². The summed E-state index contributed by atoms with van der Waals surface area (Å²) in [5, 5.41) is 6.60. The fourth-order valence-corrected chi connectivity index (χ4v) is 1.61. The molecular weight excluding hydrogens is 203 g/mol. The molecule has 0 bridgehead atoms. The fraction of sp³-hybridized carbons (Fsp3) is 0.400. The number of nitrogens with one attached hydrogen (secondary N) is 2. The minimum atomic E-state index is -0.162. The number of halogens is 2. The van der Waals surface area contributed by atoms with Crippen molar-refractivity contribution in [3.63, 3.8) is 0 Å². The number of benzene rings is 1. The minimum Gasteiger partial charge on any atom is -0.314 e. The standard InChI is InChI=1S/C10H13FN2.ClH/c11-9-3-1-2-8(6-9)10-7-12-4-5-13-10;/h1-3,6,10,12-13H,4-5,7H2;1H/t10-;/m0./s1. The van der Waals surface area contributed by atoms with E-state index in [9.17, 15) is 4.39 Å². The van der Waals surface area contributed by atoms with Gasteiger partial charge in [-0.15, -0.1) is 12.4 Å². The zero-order valence-corrected chi connectivity index (χ0v) is 8.61. The first kappa shape index (κ1) is 11.4. The Morgan fingerprint density at radius 3 is 2.79 bits per heavy atom. The van der Waals surface area contributed by atoms with E-state index in [4.69, 9.17) is 0 Å². The Hall–Kier alpha value is -0.640. The third-order valence-electron chi connectivity index (χ3n) is 2.29. The molecule has 4 heteroatoms. The van der Waals surface area contributed by atoms with Crippen molar-refractivity contribution in [2.75, 3.05) is 19.6 Å². The highest BCUT2D eigenvalue weighted by Gasteiger charge is 2.13. The van der Waals surface area contributed by atoms with Gasteiger partial charge in [-0.1, -0.05) is 12.1 Å². The minimum absolute atomic E-state index is 0. The van der Waals surface area contributed by atoms with Crippen molar-refractivity contribution in [2.45, 2.75) is 6.04 Å². The van der Waals surface area contributed by atoms with Gasteiger partial charge in [0.1, 0.15) is 5.82 Å². The van der Waals surface area contributed by atoms with Crippen LogP contribution in [0.2, 0.25) is 0 Å². The molecule has 2 N–H and O–H groups in total. The van der Waals surface area contributed by atoms with Crippen LogP contribution in [0.1, 0.15) is 11.6 Å². The second kappa shape index (κ2) is 5.29. The monoisotopic (exact) mass is 216 g/mol. The number of hydrogen-bond acceptors (Lipinski definition) is 2. The molecule has 1 aliphatic rings. The van der Waals surface area contributed by atoms with Gasteiger partial charge in [-0.25, -0.2) is 4.39 Å². The second-order valence-corrected chi connectivity index (χ2v) is 3.27. The molecule has 1 aliphatic heterocycles. The molecule has 78 valence electrons. The van der Waals surface area contributed by atoms with Gasteiger partial charge in [0, 0.05) is 25.7 Å². The van der Waals surface area contributed by atoms with Crippen LogP contribution in [-0.2, 0) is 0 Å². The Bertz CT molecular complexity index is 287. The van der Waals surface area contributed by atoms with E-state index in [-0.39, 0.29) is 24.3 Å². The highest BCUT2D eigenvalue weighted by atomic mass is 35.5. The molecule has 0 spiro atoms. The molecule has 0 radical (unpaired) electrons. The third-order valence-corrected chi connectivity index (χ3v) is 2.29. The molecule has 14 heavy (non-hydrogen) atoms. The van der Waals surface area contributed by atoms with Crippen molar-refractivity contribution in [1.82, 2.24) is 10.6 Å². The van der Waals surface area contributed by atoms with Gasteiger partial charge in [0.15, 0.2) is 0 Å². The van der Waals surface area contributed by atoms with E-state index in [1.807, 2.05) is 6.07 Å². The maximum absolute atomic E-state index is 12.9. The zero-order valence-electron chi connectivity index (χ0n) is 7.79. The summed E-state index contributed by atoms with van der Waals surface area (Å²) in [4.78, 5) is 0. The quantitative estimate of drug-likeness (QED) is 0.743. The Labute approximate surface area is 89.3 Å². The number of hydrogen-bond donors (Lipinski definition) is 2. The summed E-state index contributed by atoms with van der Waals surface area (Å²) < 4.78 is 12.9. The predicted octanol–water partition coefficient (Wildman–Crippen LogP) is 1.48. The van der Waals surface area contributed by atoms with Gasteiger partial charge >= 0.3 is 0 Å². The van der Waals surface area contributed by atoms with E-state index >= 15 is 0 Å². The molecule has 1 aromatic carbocycles. The lowest BCUT2D eigenvalue weighted by atomic mass is 10.1. The van der Waals surface area contributed by atoms with Crippen LogP contribution in [0.4, 0.5) is 4.39 Å². The lowest BCUT2D eigenvalue weighted by molar-refractivity contribution is 0.428. The van der Waals surface area contributed by atoms with Crippen molar-refractivity contribution in [2.24, 2.45) is 0 Å². The molecule has 2 rings (SSSR count). The molecule has 0 unspecified atom stereocenters. The summed E-state index contributed by atoms with van der Waals surface area (Å²) in [6.07, 6.45) is 0. The molecule has 1 saturated heterocycles. The fourth-order valence-electron chi connectivity index (χ4n) is 1.61. The van der Waals surface area contributed by atoms with Crippen LogP contribution in [-0.4, -0.2) is 19.6 Å². The van der Waals surface area contributed by atoms with Crippen molar-refractivity contribution in [3.05, 3.63) is 35.6 Å². The van der Waals surface area contributed by atoms with Crippen LogP contribution in [0.5, 0.6) is 0 Å². The number of rotatable bonds is 1. The van der Waals surface area contributed by atoms with Crippen molar-refractivity contribution < 1.29 is 4.39 Å². The normalized spacial score (nSPS) is 21.4. The molecule has 1 atom stereocenters. The molecule has 0 amide bonds. The smallest absolute Gasteiger partial charge is 0.123 e. The Balaban J connectivity index is 0.000000980. The Kier molecular flexibility index (Phi) is 4.32. The van der Waals surface area contributed by atoms with Gasteiger partial charge in [0.25, 0.3) is 0 Å². The lowest BCUT2D eigenvalue weighted by Gasteiger charge is -2.24. The number of piperazine rings is 1. The summed E-state index contributed by atoms with van der Waals surface area (Å²) in [7, 11) is 0. The molecule has 1 fully saturated rings. The molecular formula is C10H14ClFN2. The van der Waals surface area contributed by atoms with E-state index in [1.54, 1.807) is 12.1 Å². The highest BCUT2D eigenvalue weighted by molar-refractivity contribution is 5.85. The van der Waals surface area contributed by atoms with Gasteiger partial charge in [0.2, 0.25) is 0 Å². The highest BCUT2D eigenvalue weighted by Crippen LogP contribution is 2.14. The SMILES string of the molecule is Cl.Fc1cccc([C@@H]2CNCCN2)c1. The zero-order chi connectivity index (χ0) is 9.10. The van der Waals surface area contributed by atoms with E-state index in [2.05, 4.69) is 10.6 Å². The first-order valence-electron chi connectivity index (χ1n) is 4.56. The summed E-state index contributed by atoms with van der Waals surface area (Å²) in [5.41, 5.74) is 1.02. The maximum Gasteiger partial charge on any atom is 0.123 e. The van der Waals surface area contributed by atoms with Gasteiger partial charge in [-0.3, -0.25) is 0 Å². The van der Waals surface area contributed by atoms with Crippen LogP contribution in [0.25, 0.3) is 0 Å². The average Bonchev–Trinajstić information content (AvgIpc) is 2.19. The van der Waals surface area contributed by atoms with E-state index < -0.39 is 0 Å². The van der Waals surface area contributed by atoms with Crippen LogP contribution >= 0.6 is 12.4 Å². The average molecular weight is 217 g/mol.